The largest absolute Gasteiger partial charge is 0.315 e. The van der Waals surface area contributed by atoms with Crippen molar-refractivity contribution in [3.8, 4) is 0 Å². The van der Waals surface area contributed by atoms with Gasteiger partial charge in [0.1, 0.15) is 0 Å². The van der Waals surface area contributed by atoms with E-state index in [1.54, 1.807) is 0 Å². The summed E-state index contributed by atoms with van der Waals surface area (Å²) in [4.78, 5) is 2.63. The van der Waals surface area contributed by atoms with Gasteiger partial charge in [-0.3, -0.25) is 4.90 Å². The fourth-order valence-corrected chi connectivity index (χ4v) is 1.94. The Morgan fingerprint density at radius 3 is 2.19 bits per heavy atom. The molecule has 0 bridgehead atoms. The van der Waals surface area contributed by atoms with Gasteiger partial charge < -0.3 is 5.32 Å². The van der Waals surface area contributed by atoms with Crippen LogP contribution in [0.2, 0.25) is 0 Å². The van der Waals surface area contributed by atoms with Crippen LogP contribution in [0.1, 0.15) is 47.5 Å². The van der Waals surface area contributed by atoms with Gasteiger partial charge in [0.2, 0.25) is 0 Å². The SMILES string of the molecule is CC(C)N(CCNCC(C)(C)C)C1CC1.Cl. The second-order valence-corrected chi connectivity index (χ2v) is 6.30. The summed E-state index contributed by atoms with van der Waals surface area (Å²) in [6.07, 6.45) is 2.83. The topological polar surface area (TPSA) is 15.3 Å². The van der Waals surface area contributed by atoms with Gasteiger partial charge in [-0.15, -0.1) is 12.4 Å². The Morgan fingerprint density at radius 1 is 1.25 bits per heavy atom. The Bertz CT molecular complexity index is 181. The molecule has 0 aromatic carbocycles. The van der Waals surface area contributed by atoms with Gasteiger partial charge in [-0.1, -0.05) is 20.8 Å². The Labute approximate surface area is 108 Å². The highest BCUT2D eigenvalue weighted by molar-refractivity contribution is 5.85. The van der Waals surface area contributed by atoms with Crippen LogP contribution in [0.15, 0.2) is 0 Å². The first kappa shape index (κ1) is 16.2. The summed E-state index contributed by atoms with van der Waals surface area (Å²) in [6, 6.07) is 1.59. The van der Waals surface area contributed by atoms with Crippen LogP contribution in [-0.2, 0) is 0 Å². The molecule has 0 aromatic heterocycles. The maximum Gasteiger partial charge on any atom is 0.0112 e. The van der Waals surface area contributed by atoms with E-state index in [1.807, 2.05) is 0 Å². The van der Waals surface area contributed by atoms with Crippen molar-refractivity contribution >= 4 is 12.4 Å². The molecule has 0 radical (unpaired) electrons. The first-order valence-electron chi connectivity index (χ1n) is 6.36. The second-order valence-electron chi connectivity index (χ2n) is 6.30. The fraction of sp³-hybridized carbons (Fsp3) is 1.00. The predicted molar refractivity (Wildman–Crippen MR) is 74.4 cm³/mol. The number of nitrogens with zero attached hydrogens (tertiary/aromatic N) is 1. The minimum Gasteiger partial charge on any atom is -0.315 e. The molecule has 2 nitrogen and oxygen atoms in total. The van der Waals surface area contributed by atoms with Crippen molar-refractivity contribution in [1.82, 2.24) is 10.2 Å². The number of halogens is 1. The Hall–Kier alpha value is 0.210. The highest BCUT2D eigenvalue weighted by Gasteiger charge is 2.29. The van der Waals surface area contributed by atoms with Gasteiger partial charge in [0, 0.05) is 31.7 Å². The molecule has 0 heterocycles. The van der Waals surface area contributed by atoms with E-state index in [0.717, 1.165) is 19.1 Å². The van der Waals surface area contributed by atoms with Crippen LogP contribution in [0.4, 0.5) is 0 Å². The summed E-state index contributed by atoms with van der Waals surface area (Å²) in [6.45, 7) is 14.9. The van der Waals surface area contributed by atoms with Gasteiger partial charge in [-0.05, 0) is 32.1 Å². The molecule has 1 rings (SSSR count). The highest BCUT2D eigenvalue weighted by Crippen LogP contribution is 2.27. The molecular formula is C13H29ClN2. The predicted octanol–water partition coefficient (Wildman–Crippen LogP) is 2.92. The maximum atomic E-state index is 3.55. The highest BCUT2D eigenvalue weighted by atomic mass is 35.5. The summed E-state index contributed by atoms with van der Waals surface area (Å²) in [7, 11) is 0. The van der Waals surface area contributed by atoms with Crippen LogP contribution in [0.25, 0.3) is 0 Å². The summed E-state index contributed by atoms with van der Waals surface area (Å²) in [5, 5.41) is 3.55. The quantitative estimate of drug-likeness (QED) is 0.728. The van der Waals surface area contributed by atoms with Crippen molar-refractivity contribution in [2.45, 2.75) is 59.5 Å². The molecule has 98 valence electrons. The molecule has 0 aliphatic heterocycles. The zero-order valence-electron chi connectivity index (χ0n) is 11.5. The van der Waals surface area contributed by atoms with Crippen molar-refractivity contribution in [1.29, 1.82) is 0 Å². The number of rotatable bonds is 6. The van der Waals surface area contributed by atoms with Crippen molar-refractivity contribution in [2.24, 2.45) is 5.41 Å². The molecule has 1 aliphatic carbocycles. The van der Waals surface area contributed by atoms with Crippen molar-refractivity contribution < 1.29 is 0 Å². The third kappa shape index (κ3) is 6.72. The summed E-state index contributed by atoms with van der Waals surface area (Å²) in [5.74, 6) is 0. The normalized spacial score (nSPS) is 16.7. The molecular weight excluding hydrogens is 220 g/mol. The van der Waals surface area contributed by atoms with E-state index >= 15 is 0 Å². The van der Waals surface area contributed by atoms with Gasteiger partial charge in [0.25, 0.3) is 0 Å². The lowest BCUT2D eigenvalue weighted by Gasteiger charge is -2.27. The lowest BCUT2D eigenvalue weighted by atomic mass is 9.97. The average Bonchev–Trinajstić information content (AvgIpc) is 2.84. The number of hydrogen-bond acceptors (Lipinski definition) is 2. The van der Waals surface area contributed by atoms with E-state index < -0.39 is 0 Å². The lowest BCUT2D eigenvalue weighted by Crippen LogP contribution is -2.40. The zero-order chi connectivity index (χ0) is 11.5. The number of hydrogen-bond donors (Lipinski definition) is 1. The standard InChI is InChI=1S/C13H28N2.ClH/c1-11(2)15(12-6-7-12)9-8-14-10-13(3,4)5;/h11-12,14H,6-10H2,1-5H3;1H. The monoisotopic (exact) mass is 248 g/mol. The minimum atomic E-state index is 0. The first-order chi connectivity index (χ1) is 6.90. The third-order valence-corrected chi connectivity index (χ3v) is 2.88. The molecule has 0 atom stereocenters. The van der Waals surface area contributed by atoms with Crippen LogP contribution >= 0.6 is 12.4 Å². The van der Waals surface area contributed by atoms with Crippen molar-refractivity contribution in [3.63, 3.8) is 0 Å². The molecule has 0 amide bonds. The van der Waals surface area contributed by atoms with Crippen molar-refractivity contribution in [3.05, 3.63) is 0 Å². The van der Waals surface area contributed by atoms with Crippen LogP contribution in [0.3, 0.4) is 0 Å². The van der Waals surface area contributed by atoms with Gasteiger partial charge in [-0.2, -0.15) is 0 Å². The molecule has 1 N–H and O–H groups in total. The van der Waals surface area contributed by atoms with E-state index in [2.05, 4.69) is 44.8 Å². The molecule has 0 saturated heterocycles. The van der Waals surface area contributed by atoms with E-state index in [4.69, 9.17) is 0 Å². The smallest absolute Gasteiger partial charge is 0.0112 e. The van der Waals surface area contributed by atoms with Crippen LogP contribution < -0.4 is 5.32 Å². The molecule has 1 saturated carbocycles. The van der Waals surface area contributed by atoms with Gasteiger partial charge in [-0.25, -0.2) is 0 Å². The molecule has 0 aromatic rings. The molecule has 1 aliphatic rings. The van der Waals surface area contributed by atoms with E-state index in [9.17, 15) is 0 Å². The average molecular weight is 249 g/mol. The Kier molecular flexibility index (Phi) is 6.92. The summed E-state index contributed by atoms with van der Waals surface area (Å²) < 4.78 is 0. The third-order valence-electron chi connectivity index (χ3n) is 2.88. The van der Waals surface area contributed by atoms with Gasteiger partial charge in [0.15, 0.2) is 0 Å². The van der Waals surface area contributed by atoms with Gasteiger partial charge >= 0.3 is 0 Å². The fourth-order valence-electron chi connectivity index (χ4n) is 1.94. The minimum absolute atomic E-state index is 0. The molecule has 0 spiro atoms. The van der Waals surface area contributed by atoms with E-state index in [-0.39, 0.29) is 12.4 Å². The summed E-state index contributed by atoms with van der Waals surface area (Å²) in [5.41, 5.74) is 0.405. The van der Waals surface area contributed by atoms with Crippen LogP contribution in [-0.4, -0.2) is 36.6 Å². The Balaban J connectivity index is 0.00000225. The summed E-state index contributed by atoms with van der Waals surface area (Å²) >= 11 is 0. The number of nitrogens with one attached hydrogen (secondary N) is 1. The molecule has 1 fully saturated rings. The van der Waals surface area contributed by atoms with E-state index in [0.29, 0.717) is 11.5 Å². The Morgan fingerprint density at radius 2 is 1.81 bits per heavy atom. The van der Waals surface area contributed by atoms with Crippen LogP contribution in [0.5, 0.6) is 0 Å². The lowest BCUT2D eigenvalue weighted by molar-refractivity contribution is 0.208. The second kappa shape index (κ2) is 6.83. The first-order valence-corrected chi connectivity index (χ1v) is 6.36. The maximum absolute atomic E-state index is 3.55. The zero-order valence-corrected chi connectivity index (χ0v) is 12.4. The molecule has 3 heteroatoms. The molecule has 16 heavy (non-hydrogen) atoms. The van der Waals surface area contributed by atoms with E-state index in [1.165, 1.54) is 19.4 Å². The molecule has 0 unspecified atom stereocenters. The van der Waals surface area contributed by atoms with Crippen LogP contribution in [0, 0.1) is 5.41 Å². The van der Waals surface area contributed by atoms with Crippen molar-refractivity contribution in [2.75, 3.05) is 19.6 Å². The van der Waals surface area contributed by atoms with Gasteiger partial charge in [0.05, 0.1) is 0 Å².